The molecular formula is C14H14O4-2. The normalized spacial score (nSPS) is 11.8. The van der Waals surface area contributed by atoms with Crippen molar-refractivity contribution in [1.29, 1.82) is 0 Å². The number of aliphatic carboxylic acids is 2. The second-order valence-electron chi connectivity index (χ2n) is 4.08. The minimum atomic E-state index is -1.25. The number of benzene rings is 1. The lowest BCUT2D eigenvalue weighted by molar-refractivity contribution is -0.313. The third kappa shape index (κ3) is 4.41. The first-order valence-electron chi connectivity index (χ1n) is 5.65. The highest BCUT2D eigenvalue weighted by Gasteiger charge is 2.11. The van der Waals surface area contributed by atoms with Crippen molar-refractivity contribution in [2.24, 2.45) is 5.92 Å². The van der Waals surface area contributed by atoms with Gasteiger partial charge in [-0.2, -0.15) is 0 Å². The lowest BCUT2D eigenvalue weighted by Crippen LogP contribution is -2.34. The Hall–Kier alpha value is -2.10. The van der Waals surface area contributed by atoms with Crippen molar-refractivity contribution in [3.8, 4) is 0 Å². The van der Waals surface area contributed by atoms with Gasteiger partial charge in [-0.1, -0.05) is 36.9 Å². The summed E-state index contributed by atoms with van der Waals surface area (Å²) in [6.07, 6.45) is 1.69. The maximum absolute atomic E-state index is 10.9. The van der Waals surface area contributed by atoms with E-state index in [1.807, 2.05) is 12.1 Å². The fourth-order valence-corrected chi connectivity index (χ4v) is 1.67. The van der Waals surface area contributed by atoms with E-state index in [0.717, 1.165) is 11.1 Å². The van der Waals surface area contributed by atoms with E-state index in [9.17, 15) is 19.8 Å². The zero-order chi connectivity index (χ0) is 13.5. The average Bonchev–Trinajstić information content (AvgIpc) is 2.34. The van der Waals surface area contributed by atoms with Gasteiger partial charge in [0, 0.05) is 17.9 Å². The largest absolute Gasteiger partial charge is 0.550 e. The van der Waals surface area contributed by atoms with Crippen LogP contribution in [-0.2, 0) is 16.0 Å². The van der Waals surface area contributed by atoms with Gasteiger partial charge in [-0.25, -0.2) is 0 Å². The van der Waals surface area contributed by atoms with E-state index < -0.39 is 17.9 Å². The number of carbonyl (C=O) groups is 2. The molecule has 1 unspecified atom stereocenters. The Kier molecular flexibility index (Phi) is 5.11. The maximum atomic E-state index is 10.9. The molecule has 96 valence electrons. The second-order valence-corrected chi connectivity index (χ2v) is 4.08. The SMILES string of the molecule is C=Cc1ccc(CC(CCC(=O)[O-])C(=O)[O-])cc1. The summed E-state index contributed by atoms with van der Waals surface area (Å²) in [7, 11) is 0. The van der Waals surface area contributed by atoms with Crippen LogP contribution in [-0.4, -0.2) is 11.9 Å². The number of rotatable bonds is 7. The lowest BCUT2D eigenvalue weighted by atomic mass is 9.94. The van der Waals surface area contributed by atoms with Crippen molar-refractivity contribution in [3.05, 3.63) is 42.0 Å². The summed E-state index contributed by atoms with van der Waals surface area (Å²) in [6.45, 7) is 3.62. The molecular weight excluding hydrogens is 232 g/mol. The van der Waals surface area contributed by atoms with Crippen LogP contribution in [0.25, 0.3) is 6.08 Å². The third-order valence-electron chi connectivity index (χ3n) is 2.73. The van der Waals surface area contributed by atoms with Gasteiger partial charge in [-0.15, -0.1) is 0 Å². The number of carboxylic acid groups (broad SMARTS) is 2. The summed E-state index contributed by atoms with van der Waals surface area (Å²) in [4.78, 5) is 21.2. The van der Waals surface area contributed by atoms with Gasteiger partial charge < -0.3 is 19.8 Å². The van der Waals surface area contributed by atoms with E-state index in [1.165, 1.54) is 0 Å². The predicted octanol–water partition coefficient (Wildman–Crippen LogP) is -0.232. The van der Waals surface area contributed by atoms with E-state index in [1.54, 1.807) is 18.2 Å². The molecule has 1 rings (SSSR count). The van der Waals surface area contributed by atoms with E-state index in [-0.39, 0.29) is 19.3 Å². The van der Waals surface area contributed by atoms with Crippen molar-refractivity contribution in [1.82, 2.24) is 0 Å². The van der Waals surface area contributed by atoms with Gasteiger partial charge in [0.05, 0.1) is 0 Å². The summed E-state index contributed by atoms with van der Waals surface area (Å²) in [6, 6.07) is 7.25. The average molecular weight is 246 g/mol. The molecule has 4 heteroatoms. The van der Waals surface area contributed by atoms with Crippen LogP contribution in [0.2, 0.25) is 0 Å². The molecule has 0 aliphatic rings. The number of hydrogen-bond donors (Lipinski definition) is 0. The minimum absolute atomic E-state index is 0.0217. The molecule has 18 heavy (non-hydrogen) atoms. The van der Waals surface area contributed by atoms with Crippen LogP contribution in [0, 0.1) is 5.92 Å². The first-order valence-corrected chi connectivity index (χ1v) is 5.65. The van der Waals surface area contributed by atoms with Gasteiger partial charge in [0.25, 0.3) is 0 Å². The van der Waals surface area contributed by atoms with Crippen LogP contribution >= 0.6 is 0 Å². The molecule has 0 spiro atoms. The molecule has 0 radical (unpaired) electrons. The number of carbonyl (C=O) groups excluding carboxylic acids is 2. The minimum Gasteiger partial charge on any atom is -0.550 e. The second kappa shape index (κ2) is 6.59. The first-order chi connectivity index (χ1) is 8.52. The Morgan fingerprint density at radius 3 is 2.28 bits per heavy atom. The monoisotopic (exact) mass is 246 g/mol. The Morgan fingerprint density at radius 2 is 1.83 bits per heavy atom. The Bertz CT molecular complexity index is 434. The molecule has 0 aliphatic carbocycles. The Balaban J connectivity index is 2.67. The van der Waals surface area contributed by atoms with Gasteiger partial charge in [-0.05, 0) is 30.4 Å². The molecule has 0 fully saturated rings. The van der Waals surface area contributed by atoms with Crippen molar-refractivity contribution >= 4 is 18.0 Å². The molecule has 0 N–H and O–H groups in total. The van der Waals surface area contributed by atoms with Gasteiger partial charge in [0.15, 0.2) is 0 Å². The summed E-state index contributed by atoms with van der Waals surface area (Å²) in [5, 5.41) is 21.2. The molecule has 0 amide bonds. The topological polar surface area (TPSA) is 80.3 Å². The van der Waals surface area contributed by atoms with Crippen molar-refractivity contribution in [2.45, 2.75) is 19.3 Å². The van der Waals surface area contributed by atoms with E-state index in [4.69, 9.17) is 0 Å². The molecule has 1 atom stereocenters. The van der Waals surface area contributed by atoms with Gasteiger partial charge in [-0.3, -0.25) is 0 Å². The highest BCUT2D eigenvalue weighted by atomic mass is 16.4. The first kappa shape index (κ1) is 14.0. The highest BCUT2D eigenvalue weighted by molar-refractivity contribution is 5.70. The van der Waals surface area contributed by atoms with Crippen molar-refractivity contribution < 1.29 is 19.8 Å². The van der Waals surface area contributed by atoms with Crippen LogP contribution < -0.4 is 10.2 Å². The van der Waals surface area contributed by atoms with Crippen LogP contribution in [0.4, 0.5) is 0 Å². The zero-order valence-electron chi connectivity index (χ0n) is 9.93. The summed E-state index contributed by atoms with van der Waals surface area (Å²) in [5.41, 5.74) is 1.77. The Morgan fingerprint density at radius 1 is 1.22 bits per heavy atom. The van der Waals surface area contributed by atoms with E-state index in [2.05, 4.69) is 6.58 Å². The molecule has 0 aliphatic heterocycles. The fourth-order valence-electron chi connectivity index (χ4n) is 1.67. The smallest absolute Gasteiger partial charge is 0.0448 e. The third-order valence-corrected chi connectivity index (χ3v) is 2.73. The predicted molar refractivity (Wildman–Crippen MR) is 63.0 cm³/mol. The standard InChI is InChI=1S/C14H16O4/c1-2-10-3-5-11(6-4-10)9-12(14(17)18)7-8-13(15)16/h2-6,12H,1,7-9H2,(H,15,16)(H,17,18)/p-2. The summed E-state index contributed by atoms with van der Waals surface area (Å²) >= 11 is 0. The Labute approximate surface area is 106 Å². The molecule has 0 saturated heterocycles. The lowest BCUT2D eigenvalue weighted by Gasteiger charge is -2.18. The number of carboxylic acids is 2. The summed E-state index contributed by atoms with van der Waals surface area (Å²) in [5.74, 6) is -3.29. The molecule has 0 saturated carbocycles. The highest BCUT2D eigenvalue weighted by Crippen LogP contribution is 2.15. The van der Waals surface area contributed by atoms with Crippen LogP contribution in [0.15, 0.2) is 30.8 Å². The van der Waals surface area contributed by atoms with E-state index >= 15 is 0 Å². The van der Waals surface area contributed by atoms with Crippen molar-refractivity contribution in [2.75, 3.05) is 0 Å². The molecule has 0 bridgehead atoms. The molecule has 1 aromatic carbocycles. The van der Waals surface area contributed by atoms with Crippen LogP contribution in [0.5, 0.6) is 0 Å². The molecule has 0 heterocycles. The van der Waals surface area contributed by atoms with Gasteiger partial charge in [0.1, 0.15) is 0 Å². The van der Waals surface area contributed by atoms with Crippen LogP contribution in [0.1, 0.15) is 24.0 Å². The molecule has 1 aromatic rings. The molecule has 4 nitrogen and oxygen atoms in total. The summed E-state index contributed by atoms with van der Waals surface area (Å²) < 4.78 is 0. The van der Waals surface area contributed by atoms with Gasteiger partial charge in [0.2, 0.25) is 0 Å². The van der Waals surface area contributed by atoms with Crippen LogP contribution in [0.3, 0.4) is 0 Å². The fraction of sp³-hybridized carbons (Fsp3) is 0.286. The van der Waals surface area contributed by atoms with Gasteiger partial charge >= 0.3 is 0 Å². The quantitative estimate of drug-likeness (QED) is 0.665. The van der Waals surface area contributed by atoms with E-state index in [0.29, 0.717) is 0 Å². The van der Waals surface area contributed by atoms with Crippen molar-refractivity contribution in [3.63, 3.8) is 0 Å². The maximum Gasteiger partial charge on any atom is 0.0448 e. The zero-order valence-corrected chi connectivity index (χ0v) is 9.93. The molecule has 0 aromatic heterocycles. The number of hydrogen-bond acceptors (Lipinski definition) is 4.